The Labute approximate surface area is 105 Å². The van der Waals surface area contributed by atoms with E-state index in [1.165, 1.54) is 51.4 Å². The average molecular weight is 240 g/mol. The summed E-state index contributed by atoms with van der Waals surface area (Å²) >= 11 is 0. The average Bonchev–Trinajstić information content (AvgIpc) is 2.33. The van der Waals surface area contributed by atoms with E-state index in [1.54, 1.807) is 0 Å². The van der Waals surface area contributed by atoms with Crippen LogP contribution in [-0.4, -0.2) is 18.8 Å². The first-order valence-electron chi connectivity index (χ1n) is 7.27. The van der Waals surface area contributed by atoms with Crippen LogP contribution in [0.2, 0.25) is 0 Å². The van der Waals surface area contributed by atoms with Crippen LogP contribution < -0.4 is 11.3 Å². The highest BCUT2D eigenvalue weighted by molar-refractivity contribution is 5.02. The standard InChI is InChI=1S/C14H28N2O/c1-3-11-6-4-7-12(10-11)13(16-15)14(17-2)8-5-9-14/h11-13,16H,3-10,15H2,1-2H3. The van der Waals surface area contributed by atoms with Crippen LogP contribution in [0.5, 0.6) is 0 Å². The van der Waals surface area contributed by atoms with Gasteiger partial charge in [0.15, 0.2) is 0 Å². The zero-order chi connectivity index (χ0) is 12.3. The Kier molecular flexibility index (Phi) is 4.45. The van der Waals surface area contributed by atoms with Gasteiger partial charge in [0.25, 0.3) is 0 Å². The van der Waals surface area contributed by atoms with Crippen molar-refractivity contribution >= 4 is 0 Å². The molecule has 100 valence electrons. The van der Waals surface area contributed by atoms with Crippen molar-refractivity contribution in [3.05, 3.63) is 0 Å². The summed E-state index contributed by atoms with van der Waals surface area (Å²) in [6.07, 6.45) is 10.4. The van der Waals surface area contributed by atoms with Gasteiger partial charge in [-0.3, -0.25) is 11.3 Å². The Morgan fingerprint density at radius 1 is 1.35 bits per heavy atom. The lowest BCUT2D eigenvalue weighted by molar-refractivity contribution is -0.116. The van der Waals surface area contributed by atoms with Crippen LogP contribution >= 0.6 is 0 Å². The normalized spacial score (nSPS) is 34.1. The molecular weight excluding hydrogens is 212 g/mol. The van der Waals surface area contributed by atoms with E-state index in [1.807, 2.05) is 7.11 Å². The molecule has 3 nitrogen and oxygen atoms in total. The quantitative estimate of drug-likeness (QED) is 0.573. The molecule has 0 saturated heterocycles. The predicted octanol–water partition coefficient (Wildman–Crippen LogP) is 2.60. The van der Waals surface area contributed by atoms with E-state index in [4.69, 9.17) is 10.6 Å². The third-order valence-corrected chi connectivity index (χ3v) is 5.22. The highest BCUT2D eigenvalue weighted by atomic mass is 16.5. The predicted molar refractivity (Wildman–Crippen MR) is 70.4 cm³/mol. The van der Waals surface area contributed by atoms with E-state index in [0.717, 1.165) is 5.92 Å². The van der Waals surface area contributed by atoms with Crippen LogP contribution in [0.1, 0.15) is 58.3 Å². The maximum atomic E-state index is 5.83. The number of hydrazine groups is 1. The minimum Gasteiger partial charge on any atom is -0.377 e. The van der Waals surface area contributed by atoms with Gasteiger partial charge in [-0.1, -0.05) is 26.2 Å². The molecule has 2 fully saturated rings. The largest absolute Gasteiger partial charge is 0.377 e. The first-order chi connectivity index (χ1) is 8.25. The molecular formula is C14H28N2O. The molecule has 0 aromatic heterocycles. The van der Waals surface area contributed by atoms with Crippen molar-refractivity contribution in [3.8, 4) is 0 Å². The van der Waals surface area contributed by atoms with Gasteiger partial charge in [-0.05, 0) is 43.9 Å². The number of nitrogens with two attached hydrogens (primary N) is 1. The number of ether oxygens (including phenoxy) is 1. The zero-order valence-electron chi connectivity index (χ0n) is 11.4. The van der Waals surface area contributed by atoms with Crippen LogP contribution in [0.4, 0.5) is 0 Å². The summed E-state index contributed by atoms with van der Waals surface area (Å²) in [5.41, 5.74) is 3.12. The molecule has 0 aromatic carbocycles. The molecule has 3 N–H and O–H groups in total. The zero-order valence-corrected chi connectivity index (χ0v) is 11.4. The van der Waals surface area contributed by atoms with Crippen molar-refractivity contribution in [3.63, 3.8) is 0 Å². The molecule has 17 heavy (non-hydrogen) atoms. The number of rotatable bonds is 5. The van der Waals surface area contributed by atoms with Gasteiger partial charge in [0.05, 0.1) is 11.6 Å². The molecule has 0 amide bonds. The smallest absolute Gasteiger partial charge is 0.0847 e. The molecule has 0 heterocycles. The molecule has 2 aliphatic carbocycles. The fourth-order valence-electron chi connectivity index (χ4n) is 3.89. The van der Waals surface area contributed by atoms with Crippen LogP contribution in [-0.2, 0) is 4.74 Å². The van der Waals surface area contributed by atoms with Crippen molar-refractivity contribution in [2.24, 2.45) is 17.7 Å². The summed E-state index contributed by atoms with van der Waals surface area (Å²) in [6.45, 7) is 2.31. The van der Waals surface area contributed by atoms with E-state index < -0.39 is 0 Å². The van der Waals surface area contributed by atoms with Crippen LogP contribution in [0.15, 0.2) is 0 Å². The fraction of sp³-hybridized carbons (Fsp3) is 1.00. The SMILES string of the molecule is CCC1CCCC(C(NN)C2(OC)CCC2)C1. The molecule has 0 bridgehead atoms. The van der Waals surface area contributed by atoms with E-state index in [9.17, 15) is 0 Å². The first-order valence-corrected chi connectivity index (χ1v) is 7.27. The molecule has 0 aliphatic heterocycles. The lowest BCUT2D eigenvalue weighted by atomic mass is 9.66. The summed E-state index contributed by atoms with van der Waals surface area (Å²) in [5.74, 6) is 7.44. The van der Waals surface area contributed by atoms with E-state index in [0.29, 0.717) is 12.0 Å². The molecule has 3 atom stereocenters. The second-order valence-electron chi connectivity index (χ2n) is 5.97. The summed E-state index contributed by atoms with van der Waals surface area (Å²) in [5, 5.41) is 0. The number of hydrogen-bond donors (Lipinski definition) is 2. The van der Waals surface area contributed by atoms with E-state index in [2.05, 4.69) is 12.3 Å². The third kappa shape index (κ3) is 2.51. The Morgan fingerprint density at radius 3 is 2.59 bits per heavy atom. The van der Waals surface area contributed by atoms with Gasteiger partial charge in [0.2, 0.25) is 0 Å². The van der Waals surface area contributed by atoms with E-state index >= 15 is 0 Å². The highest BCUT2D eigenvalue weighted by Gasteiger charge is 2.47. The maximum absolute atomic E-state index is 5.83. The Bertz CT molecular complexity index is 235. The molecule has 0 spiro atoms. The molecule has 0 radical (unpaired) electrons. The van der Waals surface area contributed by atoms with Crippen molar-refractivity contribution in [1.82, 2.24) is 5.43 Å². The van der Waals surface area contributed by atoms with Gasteiger partial charge < -0.3 is 4.74 Å². The van der Waals surface area contributed by atoms with Crippen LogP contribution in [0.3, 0.4) is 0 Å². The van der Waals surface area contributed by atoms with Gasteiger partial charge in [-0.15, -0.1) is 0 Å². The van der Waals surface area contributed by atoms with Crippen molar-refractivity contribution in [1.29, 1.82) is 0 Å². The number of methoxy groups -OCH3 is 1. The molecule has 2 rings (SSSR count). The second kappa shape index (κ2) is 5.68. The minimum atomic E-state index is 0.0368. The van der Waals surface area contributed by atoms with Gasteiger partial charge in [-0.2, -0.15) is 0 Å². The lowest BCUT2D eigenvalue weighted by Gasteiger charge is -2.50. The number of hydrogen-bond acceptors (Lipinski definition) is 3. The van der Waals surface area contributed by atoms with Crippen LogP contribution in [0, 0.1) is 11.8 Å². The molecule has 3 heteroatoms. The van der Waals surface area contributed by atoms with E-state index in [-0.39, 0.29) is 5.60 Å². The van der Waals surface area contributed by atoms with Gasteiger partial charge >= 0.3 is 0 Å². The molecule has 2 aliphatic rings. The second-order valence-corrected chi connectivity index (χ2v) is 5.97. The summed E-state index contributed by atoms with van der Waals surface area (Å²) in [6, 6.07) is 0.357. The Hall–Kier alpha value is -0.120. The minimum absolute atomic E-state index is 0.0368. The molecule has 2 saturated carbocycles. The fourth-order valence-corrected chi connectivity index (χ4v) is 3.89. The van der Waals surface area contributed by atoms with Gasteiger partial charge in [0, 0.05) is 7.11 Å². The first kappa shape index (κ1) is 13.3. The summed E-state index contributed by atoms with van der Waals surface area (Å²) < 4.78 is 5.81. The van der Waals surface area contributed by atoms with Crippen molar-refractivity contribution in [2.75, 3.05) is 7.11 Å². The highest BCUT2D eigenvalue weighted by Crippen LogP contribution is 2.44. The Balaban J connectivity index is 2.02. The Morgan fingerprint density at radius 2 is 2.12 bits per heavy atom. The van der Waals surface area contributed by atoms with Crippen molar-refractivity contribution in [2.45, 2.75) is 69.9 Å². The molecule has 0 aromatic rings. The monoisotopic (exact) mass is 240 g/mol. The van der Waals surface area contributed by atoms with Gasteiger partial charge in [-0.25, -0.2) is 0 Å². The summed E-state index contributed by atoms with van der Waals surface area (Å²) in [4.78, 5) is 0. The summed E-state index contributed by atoms with van der Waals surface area (Å²) in [7, 11) is 1.85. The lowest BCUT2D eigenvalue weighted by Crippen LogP contribution is -2.61. The third-order valence-electron chi connectivity index (χ3n) is 5.22. The molecule has 3 unspecified atom stereocenters. The topological polar surface area (TPSA) is 47.3 Å². The van der Waals surface area contributed by atoms with Gasteiger partial charge in [0.1, 0.15) is 0 Å². The van der Waals surface area contributed by atoms with Crippen LogP contribution in [0.25, 0.3) is 0 Å². The number of nitrogens with one attached hydrogen (secondary N) is 1. The maximum Gasteiger partial charge on any atom is 0.0847 e. The van der Waals surface area contributed by atoms with Crippen molar-refractivity contribution < 1.29 is 4.74 Å².